The first kappa shape index (κ1) is 18.5. The van der Waals surface area contributed by atoms with Crippen LogP contribution in [0.4, 0.5) is 13.2 Å². The van der Waals surface area contributed by atoms with E-state index in [1.54, 1.807) is 11.8 Å². The molecular weight excluding hydrogens is 339 g/mol. The Balaban J connectivity index is 2.18. The molecule has 0 unspecified atom stereocenters. The number of hydrogen-bond donors (Lipinski definition) is 0. The van der Waals surface area contributed by atoms with E-state index in [0.29, 0.717) is 18.0 Å². The highest BCUT2D eigenvalue weighted by Crippen LogP contribution is 2.31. The van der Waals surface area contributed by atoms with Gasteiger partial charge in [-0.2, -0.15) is 0 Å². The van der Waals surface area contributed by atoms with Crippen molar-refractivity contribution in [3.8, 4) is 17.2 Å². The lowest BCUT2D eigenvalue weighted by molar-refractivity contribution is -0.274. The van der Waals surface area contributed by atoms with E-state index >= 15 is 0 Å². The quantitative estimate of drug-likeness (QED) is 0.666. The highest BCUT2D eigenvalue weighted by molar-refractivity contribution is 7.98. The average Bonchev–Trinajstić information content (AvgIpc) is 2.49. The molecule has 0 atom stereocenters. The number of hydrogen-bond acceptors (Lipinski definition) is 4. The molecule has 0 spiro atoms. The molecule has 3 nitrogen and oxygen atoms in total. The van der Waals surface area contributed by atoms with E-state index in [1.165, 1.54) is 24.3 Å². The van der Waals surface area contributed by atoms with Crippen LogP contribution in [-0.4, -0.2) is 31.6 Å². The molecule has 0 aliphatic carbocycles. The van der Waals surface area contributed by atoms with Crippen LogP contribution in [0.25, 0.3) is 0 Å². The maximum absolute atomic E-state index is 12.2. The van der Waals surface area contributed by atoms with E-state index in [-0.39, 0.29) is 5.75 Å². The number of nitrogens with zero attached hydrogens (tertiary/aromatic N) is 1. The first-order valence-corrected chi connectivity index (χ1v) is 8.34. The van der Waals surface area contributed by atoms with Crippen LogP contribution in [0.3, 0.4) is 0 Å². The molecule has 24 heavy (non-hydrogen) atoms. The van der Waals surface area contributed by atoms with Gasteiger partial charge in [0.15, 0.2) is 0 Å². The highest BCUT2D eigenvalue weighted by Gasteiger charge is 2.31. The normalized spacial score (nSPS) is 11.6. The molecule has 0 radical (unpaired) electrons. The number of ether oxygens (including phenoxy) is 2. The summed E-state index contributed by atoms with van der Waals surface area (Å²) in [5, 5.41) is 0. The van der Waals surface area contributed by atoms with Gasteiger partial charge in [0.1, 0.15) is 17.2 Å². The summed E-state index contributed by atoms with van der Waals surface area (Å²) in [6, 6.07) is 11.2. The van der Waals surface area contributed by atoms with Crippen LogP contribution in [0.1, 0.15) is 5.56 Å². The Hall–Kier alpha value is -1.86. The Labute approximate surface area is 143 Å². The smallest absolute Gasteiger partial charge is 0.457 e. The number of benzene rings is 2. The summed E-state index contributed by atoms with van der Waals surface area (Å²) in [4.78, 5) is 3.14. The van der Waals surface area contributed by atoms with E-state index in [9.17, 15) is 13.2 Å². The van der Waals surface area contributed by atoms with Crippen LogP contribution in [0.5, 0.6) is 17.2 Å². The van der Waals surface area contributed by atoms with Crippen molar-refractivity contribution >= 4 is 11.8 Å². The van der Waals surface area contributed by atoms with Gasteiger partial charge in [-0.25, -0.2) is 0 Å². The minimum Gasteiger partial charge on any atom is -0.457 e. The molecule has 0 saturated heterocycles. The van der Waals surface area contributed by atoms with Crippen molar-refractivity contribution in [1.82, 2.24) is 4.90 Å². The van der Waals surface area contributed by atoms with E-state index in [2.05, 4.69) is 4.74 Å². The topological polar surface area (TPSA) is 21.7 Å². The minimum atomic E-state index is -4.70. The molecule has 0 aromatic heterocycles. The standard InChI is InChI=1S/C17H18F3NO2S/c1-21(2)11-12-10-15(24-3)8-9-16(12)22-13-4-6-14(7-5-13)23-17(18,19)20/h4-10H,11H2,1-3H3. The Kier molecular flexibility index (Phi) is 6.01. The molecule has 130 valence electrons. The second kappa shape index (κ2) is 7.81. The molecule has 7 heteroatoms. The predicted molar refractivity (Wildman–Crippen MR) is 88.8 cm³/mol. The predicted octanol–water partition coefficient (Wildman–Crippen LogP) is 5.16. The zero-order valence-corrected chi connectivity index (χ0v) is 14.4. The van der Waals surface area contributed by atoms with Crippen LogP contribution in [0, 0.1) is 0 Å². The second-order valence-electron chi connectivity index (χ2n) is 5.33. The van der Waals surface area contributed by atoms with Gasteiger partial charge >= 0.3 is 6.36 Å². The first-order valence-electron chi connectivity index (χ1n) is 7.12. The van der Waals surface area contributed by atoms with Gasteiger partial charge in [-0.15, -0.1) is 24.9 Å². The summed E-state index contributed by atoms with van der Waals surface area (Å²) in [6.07, 6.45) is -2.70. The fourth-order valence-corrected chi connectivity index (χ4v) is 2.55. The SMILES string of the molecule is CSc1ccc(Oc2ccc(OC(F)(F)F)cc2)c(CN(C)C)c1. The third-order valence-corrected chi connectivity index (χ3v) is 3.76. The van der Waals surface area contributed by atoms with Crippen LogP contribution >= 0.6 is 11.8 Å². The summed E-state index contributed by atoms with van der Waals surface area (Å²) < 4.78 is 46.2. The Bertz CT molecular complexity index is 673. The summed E-state index contributed by atoms with van der Waals surface area (Å²) >= 11 is 1.64. The van der Waals surface area contributed by atoms with Gasteiger partial charge in [-0.1, -0.05) is 0 Å². The van der Waals surface area contributed by atoms with Crippen molar-refractivity contribution in [1.29, 1.82) is 0 Å². The van der Waals surface area contributed by atoms with Crippen molar-refractivity contribution in [2.45, 2.75) is 17.8 Å². The van der Waals surface area contributed by atoms with Gasteiger partial charge in [0.2, 0.25) is 0 Å². The lowest BCUT2D eigenvalue weighted by atomic mass is 10.2. The fraction of sp³-hybridized carbons (Fsp3) is 0.294. The van der Waals surface area contributed by atoms with E-state index in [4.69, 9.17) is 4.74 Å². The zero-order valence-electron chi connectivity index (χ0n) is 13.6. The summed E-state index contributed by atoms with van der Waals surface area (Å²) in [7, 11) is 3.91. The highest BCUT2D eigenvalue weighted by atomic mass is 32.2. The monoisotopic (exact) mass is 357 g/mol. The molecule has 0 N–H and O–H groups in total. The Morgan fingerprint density at radius 3 is 2.17 bits per heavy atom. The maximum atomic E-state index is 12.2. The largest absolute Gasteiger partial charge is 0.573 e. The van der Waals surface area contributed by atoms with Crippen LogP contribution < -0.4 is 9.47 Å². The molecule has 0 aliphatic heterocycles. The average molecular weight is 357 g/mol. The molecular formula is C17H18F3NO2S. The maximum Gasteiger partial charge on any atom is 0.573 e. The number of alkyl halides is 3. The van der Waals surface area contributed by atoms with E-state index < -0.39 is 6.36 Å². The molecule has 0 saturated carbocycles. The van der Waals surface area contributed by atoms with Gasteiger partial charge in [0.25, 0.3) is 0 Å². The van der Waals surface area contributed by atoms with Gasteiger partial charge < -0.3 is 14.4 Å². The molecule has 2 aromatic rings. The van der Waals surface area contributed by atoms with Gasteiger partial charge in [0.05, 0.1) is 0 Å². The van der Waals surface area contributed by atoms with Crippen LogP contribution in [-0.2, 0) is 6.54 Å². The zero-order chi connectivity index (χ0) is 17.7. The van der Waals surface area contributed by atoms with Crippen molar-refractivity contribution < 1.29 is 22.6 Å². The molecule has 2 rings (SSSR count). The number of rotatable bonds is 6. The fourth-order valence-electron chi connectivity index (χ4n) is 2.08. The second-order valence-corrected chi connectivity index (χ2v) is 6.21. The molecule has 2 aromatic carbocycles. The van der Waals surface area contributed by atoms with E-state index in [1.807, 2.05) is 43.5 Å². The van der Waals surface area contributed by atoms with Gasteiger partial charge in [-0.05, 0) is 62.8 Å². The molecule has 0 heterocycles. The molecule has 0 amide bonds. The molecule has 0 fully saturated rings. The van der Waals surface area contributed by atoms with Crippen molar-refractivity contribution in [3.63, 3.8) is 0 Å². The van der Waals surface area contributed by atoms with Crippen LogP contribution in [0.2, 0.25) is 0 Å². The summed E-state index contributed by atoms with van der Waals surface area (Å²) in [5.74, 6) is 0.841. The third kappa shape index (κ3) is 5.65. The Morgan fingerprint density at radius 2 is 1.62 bits per heavy atom. The van der Waals surface area contributed by atoms with E-state index in [0.717, 1.165) is 10.5 Å². The molecule has 0 bridgehead atoms. The lowest BCUT2D eigenvalue weighted by Crippen LogP contribution is -2.16. The minimum absolute atomic E-state index is 0.277. The lowest BCUT2D eigenvalue weighted by Gasteiger charge is -2.16. The third-order valence-electron chi connectivity index (χ3n) is 3.04. The first-order chi connectivity index (χ1) is 11.3. The van der Waals surface area contributed by atoms with Crippen molar-refractivity contribution in [2.24, 2.45) is 0 Å². The van der Waals surface area contributed by atoms with Gasteiger partial charge in [0, 0.05) is 17.0 Å². The summed E-state index contributed by atoms with van der Waals surface area (Å²) in [5.41, 5.74) is 1.00. The Morgan fingerprint density at radius 1 is 1.00 bits per heavy atom. The number of halogens is 3. The number of thioether (sulfide) groups is 1. The van der Waals surface area contributed by atoms with Crippen LogP contribution in [0.15, 0.2) is 47.4 Å². The van der Waals surface area contributed by atoms with Crippen molar-refractivity contribution in [3.05, 3.63) is 48.0 Å². The van der Waals surface area contributed by atoms with Crippen molar-refractivity contribution in [2.75, 3.05) is 20.4 Å². The van der Waals surface area contributed by atoms with Gasteiger partial charge in [-0.3, -0.25) is 0 Å². The summed E-state index contributed by atoms with van der Waals surface area (Å²) in [6.45, 7) is 0.693. The molecule has 0 aliphatic rings.